The van der Waals surface area contributed by atoms with E-state index in [1.54, 1.807) is 12.1 Å². The minimum absolute atomic E-state index is 0.0158. The average molecular weight is 377 g/mol. The van der Waals surface area contributed by atoms with Crippen molar-refractivity contribution in [3.8, 4) is 0 Å². The summed E-state index contributed by atoms with van der Waals surface area (Å²) in [4.78, 5) is 23.9. The first-order valence-corrected chi connectivity index (χ1v) is 8.33. The van der Waals surface area contributed by atoms with Crippen LogP contribution in [0.1, 0.15) is 40.6 Å². The number of amides is 2. The van der Waals surface area contributed by atoms with Crippen molar-refractivity contribution in [3.05, 3.63) is 58.0 Å². The van der Waals surface area contributed by atoms with Gasteiger partial charge in [0.2, 0.25) is 5.91 Å². The van der Waals surface area contributed by atoms with Crippen molar-refractivity contribution in [2.75, 3.05) is 6.54 Å². The van der Waals surface area contributed by atoms with Gasteiger partial charge in [-0.15, -0.1) is 0 Å². The number of furan rings is 1. The minimum atomic E-state index is -0.408. The molecule has 1 aliphatic rings. The van der Waals surface area contributed by atoms with Gasteiger partial charge in [0.05, 0.1) is 12.6 Å². The summed E-state index contributed by atoms with van der Waals surface area (Å²) in [5.74, 6) is -0.437. The number of rotatable bonds is 4. The molecule has 0 bridgehead atoms. The Morgan fingerprint density at radius 2 is 2.04 bits per heavy atom. The van der Waals surface area contributed by atoms with E-state index >= 15 is 0 Å². The van der Waals surface area contributed by atoms with E-state index in [9.17, 15) is 9.59 Å². The van der Waals surface area contributed by atoms with Gasteiger partial charge in [-0.25, -0.2) is 0 Å². The summed E-state index contributed by atoms with van der Waals surface area (Å²) in [5, 5.41) is 5.55. The lowest BCUT2D eigenvalue weighted by molar-refractivity contribution is -0.121. The SMILES string of the molecule is O=C(CNC(=O)c1ccc(Br)o1)N[C@@H]1CCCc2ccccc21. The summed E-state index contributed by atoms with van der Waals surface area (Å²) in [6.45, 7) is -0.0736. The lowest BCUT2D eigenvalue weighted by atomic mass is 9.88. The quantitative estimate of drug-likeness (QED) is 0.861. The van der Waals surface area contributed by atoms with Gasteiger partial charge < -0.3 is 15.1 Å². The van der Waals surface area contributed by atoms with Crippen LogP contribution >= 0.6 is 15.9 Å². The van der Waals surface area contributed by atoms with E-state index < -0.39 is 5.91 Å². The molecule has 23 heavy (non-hydrogen) atoms. The van der Waals surface area contributed by atoms with E-state index in [2.05, 4.69) is 38.7 Å². The van der Waals surface area contributed by atoms with E-state index in [1.165, 1.54) is 11.1 Å². The Balaban J connectivity index is 1.55. The van der Waals surface area contributed by atoms with E-state index in [0.717, 1.165) is 19.3 Å². The fourth-order valence-electron chi connectivity index (χ4n) is 2.83. The van der Waals surface area contributed by atoms with Gasteiger partial charge in [-0.1, -0.05) is 24.3 Å². The molecule has 2 amide bonds. The number of hydrogen-bond donors (Lipinski definition) is 2. The van der Waals surface area contributed by atoms with Crippen LogP contribution in [-0.4, -0.2) is 18.4 Å². The maximum atomic E-state index is 12.1. The van der Waals surface area contributed by atoms with Crippen molar-refractivity contribution in [3.63, 3.8) is 0 Å². The summed E-state index contributed by atoms with van der Waals surface area (Å²) in [6.07, 6.45) is 3.02. The van der Waals surface area contributed by atoms with Gasteiger partial charge in [0.25, 0.3) is 5.91 Å². The highest BCUT2D eigenvalue weighted by Crippen LogP contribution is 2.29. The fourth-order valence-corrected chi connectivity index (χ4v) is 3.14. The molecular weight excluding hydrogens is 360 g/mol. The van der Waals surface area contributed by atoms with Crippen LogP contribution in [0, 0.1) is 0 Å². The first-order valence-electron chi connectivity index (χ1n) is 7.54. The molecule has 0 aliphatic heterocycles. The summed E-state index contributed by atoms with van der Waals surface area (Å²) in [6, 6.07) is 11.4. The first-order chi connectivity index (χ1) is 11.1. The summed E-state index contributed by atoms with van der Waals surface area (Å²) < 4.78 is 5.62. The van der Waals surface area contributed by atoms with Gasteiger partial charge in [-0.2, -0.15) is 0 Å². The number of nitrogens with one attached hydrogen (secondary N) is 2. The fraction of sp³-hybridized carbons (Fsp3) is 0.294. The molecule has 1 aromatic carbocycles. The topological polar surface area (TPSA) is 71.3 Å². The molecule has 5 nitrogen and oxygen atoms in total. The highest BCUT2D eigenvalue weighted by Gasteiger charge is 2.21. The van der Waals surface area contributed by atoms with Crippen molar-refractivity contribution in [2.24, 2.45) is 0 Å². The monoisotopic (exact) mass is 376 g/mol. The lowest BCUT2D eigenvalue weighted by Gasteiger charge is -2.26. The second kappa shape index (κ2) is 7.00. The molecule has 0 saturated heterocycles. The zero-order valence-corrected chi connectivity index (χ0v) is 14.1. The predicted octanol–water partition coefficient (Wildman–Crippen LogP) is 2.97. The van der Waals surface area contributed by atoms with E-state index in [1.807, 2.05) is 12.1 Å². The van der Waals surface area contributed by atoms with Crippen LogP contribution in [0.4, 0.5) is 0 Å². The normalized spacial score (nSPS) is 16.5. The number of aryl methyl sites for hydroxylation is 1. The number of benzene rings is 1. The van der Waals surface area contributed by atoms with Gasteiger partial charge in [0.1, 0.15) is 0 Å². The molecule has 2 N–H and O–H groups in total. The standard InChI is InChI=1S/C17H17BrN2O3/c18-15-9-8-14(23-15)17(22)19-10-16(21)20-13-7-3-5-11-4-1-2-6-12(11)13/h1-2,4,6,8-9,13H,3,5,7,10H2,(H,19,22)(H,20,21)/t13-/m1/s1. The van der Waals surface area contributed by atoms with Gasteiger partial charge in [0.15, 0.2) is 10.4 Å². The molecule has 0 saturated carbocycles. The van der Waals surface area contributed by atoms with Crippen molar-refractivity contribution < 1.29 is 14.0 Å². The maximum absolute atomic E-state index is 12.1. The number of hydrogen-bond acceptors (Lipinski definition) is 3. The molecule has 1 aliphatic carbocycles. The summed E-state index contributed by atoms with van der Waals surface area (Å²) in [5.41, 5.74) is 2.46. The third-order valence-electron chi connectivity index (χ3n) is 3.91. The molecule has 120 valence electrons. The Hall–Kier alpha value is -2.08. The third-order valence-corrected chi connectivity index (χ3v) is 4.34. The van der Waals surface area contributed by atoms with Crippen LogP contribution in [0.5, 0.6) is 0 Å². The van der Waals surface area contributed by atoms with Crippen molar-refractivity contribution in [1.29, 1.82) is 0 Å². The largest absolute Gasteiger partial charge is 0.444 e. The smallest absolute Gasteiger partial charge is 0.287 e. The molecule has 2 aromatic rings. The third kappa shape index (κ3) is 3.82. The van der Waals surface area contributed by atoms with Crippen LogP contribution in [0.15, 0.2) is 45.5 Å². The average Bonchev–Trinajstić information content (AvgIpc) is 2.99. The van der Waals surface area contributed by atoms with Gasteiger partial charge in [-0.3, -0.25) is 9.59 Å². The van der Waals surface area contributed by atoms with E-state index in [-0.39, 0.29) is 24.3 Å². The lowest BCUT2D eigenvalue weighted by Crippen LogP contribution is -2.39. The van der Waals surface area contributed by atoms with Crippen LogP contribution in [0.2, 0.25) is 0 Å². The summed E-state index contributed by atoms with van der Waals surface area (Å²) in [7, 11) is 0. The number of halogens is 1. The van der Waals surface area contributed by atoms with E-state index in [0.29, 0.717) is 4.67 Å². The van der Waals surface area contributed by atoms with Crippen LogP contribution in [0.25, 0.3) is 0 Å². The van der Waals surface area contributed by atoms with E-state index in [4.69, 9.17) is 4.42 Å². The molecule has 3 rings (SSSR count). The van der Waals surface area contributed by atoms with Crippen LogP contribution in [-0.2, 0) is 11.2 Å². The molecule has 0 fully saturated rings. The predicted molar refractivity (Wildman–Crippen MR) is 89.0 cm³/mol. The number of fused-ring (bicyclic) bond motifs is 1. The molecule has 1 aromatic heterocycles. The Kier molecular flexibility index (Phi) is 4.81. The van der Waals surface area contributed by atoms with Crippen LogP contribution in [0.3, 0.4) is 0 Å². The Morgan fingerprint density at radius 3 is 2.83 bits per heavy atom. The minimum Gasteiger partial charge on any atom is -0.444 e. The maximum Gasteiger partial charge on any atom is 0.287 e. The Bertz CT molecular complexity index is 726. The molecule has 1 atom stereocenters. The first kappa shape index (κ1) is 15.8. The number of carbonyl (C=O) groups excluding carboxylic acids is 2. The van der Waals surface area contributed by atoms with Gasteiger partial charge in [-0.05, 0) is 58.5 Å². The molecular formula is C17H17BrN2O3. The van der Waals surface area contributed by atoms with Crippen molar-refractivity contribution >= 4 is 27.7 Å². The molecule has 0 spiro atoms. The molecule has 0 radical (unpaired) electrons. The summed E-state index contributed by atoms with van der Waals surface area (Å²) >= 11 is 3.14. The van der Waals surface area contributed by atoms with Crippen molar-refractivity contribution in [2.45, 2.75) is 25.3 Å². The number of carbonyl (C=O) groups is 2. The molecule has 0 unspecified atom stereocenters. The highest BCUT2D eigenvalue weighted by atomic mass is 79.9. The zero-order chi connectivity index (χ0) is 16.2. The second-order valence-electron chi connectivity index (χ2n) is 5.50. The Labute approximate surface area is 142 Å². The van der Waals surface area contributed by atoms with Gasteiger partial charge in [0, 0.05) is 0 Å². The molecule has 6 heteroatoms. The Morgan fingerprint density at radius 1 is 1.22 bits per heavy atom. The second-order valence-corrected chi connectivity index (χ2v) is 6.28. The van der Waals surface area contributed by atoms with Crippen LogP contribution < -0.4 is 10.6 Å². The van der Waals surface area contributed by atoms with Crippen molar-refractivity contribution in [1.82, 2.24) is 10.6 Å². The van der Waals surface area contributed by atoms with Gasteiger partial charge >= 0.3 is 0 Å². The molecule has 1 heterocycles. The highest BCUT2D eigenvalue weighted by molar-refractivity contribution is 9.10. The zero-order valence-electron chi connectivity index (χ0n) is 12.5.